The van der Waals surface area contributed by atoms with E-state index in [0.29, 0.717) is 12.5 Å². The maximum atomic E-state index is 5.78. The highest BCUT2D eigenvalue weighted by Gasteiger charge is 2.09. The highest BCUT2D eigenvalue weighted by atomic mass is 127. The van der Waals surface area contributed by atoms with Gasteiger partial charge in [0.05, 0.1) is 6.54 Å². The van der Waals surface area contributed by atoms with E-state index >= 15 is 0 Å². The zero-order valence-electron chi connectivity index (χ0n) is 10.9. The lowest BCUT2D eigenvalue weighted by Gasteiger charge is -2.20. The van der Waals surface area contributed by atoms with Crippen molar-refractivity contribution in [1.82, 2.24) is 5.32 Å². The summed E-state index contributed by atoms with van der Waals surface area (Å²) < 4.78 is 0. The third kappa shape index (κ3) is 7.20. The molecule has 3 nitrogen and oxygen atoms in total. The van der Waals surface area contributed by atoms with Crippen LogP contribution < -0.4 is 11.1 Å². The van der Waals surface area contributed by atoms with Crippen LogP contribution in [-0.2, 0) is 6.54 Å². The number of halogens is 1. The molecule has 0 heterocycles. The van der Waals surface area contributed by atoms with E-state index in [9.17, 15) is 0 Å². The van der Waals surface area contributed by atoms with Crippen molar-refractivity contribution in [3.63, 3.8) is 0 Å². The molecule has 0 aliphatic heterocycles. The summed E-state index contributed by atoms with van der Waals surface area (Å²) in [5, 5.41) is 3.13. The second kappa shape index (κ2) is 6.83. The molecule has 17 heavy (non-hydrogen) atoms. The minimum absolute atomic E-state index is 0. The second-order valence-corrected chi connectivity index (χ2v) is 5.06. The SMILES string of the molecule is Cc1ccc(CN=C(N)NC(C)(C)C)cc1.I. The largest absolute Gasteiger partial charge is 0.370 e. The molecular weight excluding hydrogens is 325 g/mol. The average Bonchev–Trinajstić information content (AvgIpc) is 2.14. The highest BCUT2D eigenvalue weighted by molar-refractivity contribution is 14.0. The van der Waals surface area contributed by atoms with Crippen molar-refractivity contribution in [2.75, 3.05) is 0 Å². The van der Waals surface area contributed by atoms with Gasteiger partial charge in [-0.2, -0.15) is 0 Å². The molecule has 1 rings (SSSR count). The molecule has 0 bridgehead atoms. The van der Waals surface area contributed by atoms with Crippen LogP contribution in [0.3, 0.4) is 0 Å². The third-order valence-electron chi connectivity index (χ3n) is 2.06. The predicted octanol–water partition coefficient (Wildman–Crippen LogP) is 2.82. The van der Waals surface area contributed by atoms with Crippen molar-refractivity contribution >= 4 is 29.9 Å². The Morgan fingerprint density at radius 1 is 1.24 bits per heavy atom. The lowest BCUT2D eigenvalue weighted by molar-refractivity contribution is 0.508. The average molecular weight is 347 g/mol. The molecule has 0 spiro atoms. The maximum Gasteiger partial charge on any atom is 0.189 e. The minimum atomic E-state index is -0.0408. The van der Waals surface area contributed by atoms with Gasteiger partial charge in [0.25, 0.3) is 0 Å². The monoisotopic (exact) mass is 347 g/mol. The molecule has 0 saturated carbocycles. The molecule has 0 amide bonds. The van der Waals surface area contributed by atoms with Crippen LogP contribution in [0.1, 0.15) is 31.9 Å². The zero-order chi connectivity index (χ0) is 12.2. The van der Waals surface area contributed by atoms with Crippen molar-refractivity contribution in [2.45, 2.75) is 39.8 Å². The van der Waals surface area contributed by atoms with Crippen LogP contribution in [0.15, 0.2) is 29.3 Å². The molecular formula is C13H22IN3. The number of aryl methyl sites for hydroxylation is 1. The first kappa shape index (κ1) is 16.2. The van der Waals surface area contributed by atoms with Crippen LogP contribution in [0.4, 0.5) is 0 Å². The molecule has 0 fully saturated rings. The van der Waals surface area contributed by atoms with E-state index in [2.05, 4.69) is 62.3 Å². The van der Waals surface area contributed by atoms with Gasteiger partial charge < -0.3 is 11.1 Å². The Hall–Kier alpha value is -0.780. The summed E-state index contributed by atoms with van der Waals surface area (Å²) in [7, 11) is 0. The predicted molar refractivity (Wildman–Crippen MR) is 84.8 cm³/mol. The summed E-state index contributed by atoms with van der Waals surface area (Å²) in [6.07, 6.45) is 0. The Morgan fingerprint density at radius 3 is 2.24 bits per heavy atom. The van der Waals surface area contributed by atoms with Crippen LogP contribution in [0.2, 0.25) is 0 Å². The molecule has 0 aliphatic rings. The molecule has 1 aromatic carbocycles. The van der Waals surface area contributed by atoms with E-state index in [0.717, 1.165) is 0 Å². The van der Waals surface area contributed by atoms with Crippen LogP contribution in [0, 0.1) is 6.92 Å². The van der Waals surface area contributed by atoms with Gasteiger partial charge in [0.15, 0.2) is 5.96 Å². The molecule has 0 saturated heterocycles. The first-order chi connectivity index (χ1) is 7.37. The maximum absolute atomic E-state index is 5.78. The van der Waals surface area contributed by atoms with E-state index in [4.69, 9.17) is 5.73 Å². The fourth-order valence-electron chi connectivity index (χ4n) is 1.29. The van der Waals surface area contributed by atoms with Crippen molar-refractivity contribution in [3.8, 4) is 0 Å². The summed E-state index contributed by atoms with van der Waals surface area (Å²) in [5.74, 6) is 0.494. The number of nitrogens with two attached hydrogens (primary N) is 1. The number of nitrogens with zero attached hydrogens (tertiary/aromatic N) is 1. The molecule has 4 heteroatoms. The van der Waals surface area contributed by atoms with E-state index in [-0.39, 0.29) is 29.5 Å². The first-order valence-corrected chi connectivity index (χ1v) is 5.50. The van der Waals surface area contributed by atoms with Crippen LogP contribution in [0.5, 0.6) is 0 Å². The van der Waals surface area contributed by atoms with Gasteiger partial charge in [-0.1, -0.05) is 29.8 Å². The van der Waals surface area contributed by atoms with E-state index in [1.54, 1.807) is 0 Å². The number of hydrogen-bond acceptors (Lipinski definition) is 1. The number of aliphatic imine (C=N–C) groups is 1. The van der Waals surface area contributed by atoms with Gasteiger partial charge >= 0.3 is 0 Å². The van der Waals surface area contributed by atoms with Crippen molar-refractivity contribution in [1.29, 1.82) is 0 Å². The molecule has 0 aliphatic carbocycles. The van der Waals surface area contributed by atoms with Crippen molar-refractivity contribution < 1.29 is 0 Å². The number of benzene rings is 1. The van der Waals surface area contributed by atoms with Gasteiger partial charge in [-0.15, -0.1) is 24.0 Å². The topological polar surface area (TPSA) is 50.4 Å². The number of guanidine groups is 1. The fourth-order valence-corrected chi connectivity index (χ4v) is 1.29. The number of hydrogen-bond donors (Lipinski definition) is 2. The lowest BCUT2D eigenvalue weighted by Crippen LogP contribution is -2.44. The summed E-state index contributed by atoms with van der Waals surface area (Å²) in [6.45, 7) is 8.86. The van der Waals surface area contributed by atoms with Gasteiger partial charge in [0, 0.05) is 5.54 Å². The molecule has 0 atom stereocenters. The molecule has 0 aromatic heterocycles. The van der Waals surface area contributed by atoms with Crippen LogP contribution in [0.25, 0.3) is 0 Å². The Balaban J connectivity index is 0.00000256. The molecule has 1 aromatic rings. The van der Waals surface area contributed by atoms with E-state index in [1.165, 1.54) is 11.1 Å². The zero-order valence-corrected chi connectivity index (χ0v) is 13.3. The lowest BCUT2D eigenvalue weighted by atomic mass is 10.1. The minimum Gasteiger partial charge on any atom is -0.370 e. The fraction of sp³-hybridized carbons (Fsp3) is 0.462. The smallest absolute Gasteiger partial charge is 0.189 e. The molecule has 0 unspecified atom stereocenters. The highest BCUT2D eigenvalue weighted by Crippen LogP contribution is 2.04. The van der Waals surface area contributed by atoms with E-state index < -0.39 is 0 Å². The van der Waals surface area contributed by atoms with Crippen molar-refractivity contribution in [2.24, 2.45) is 10.7 Å². The quantitative estimate of drug-likeness (QED) is 0.491. The van der Waals surface area contributed by atoms with Gasteiger partial charge in [-0.25, -0.2) is 4.99 Å². The number of nitrogens with one attached hydrogen (secondary N) is 1. The molecule has 96 valence electrons. The summed E-state index contributed by atoms with van der Waals surface area (Å²) in [6, 6.07) is 8.31. The Bertz CT molecular complexity index is 363. The van der Waals surface area contributed by atoms with Gasteiger partial charge in [0.2, 0.25) is 0 Å². The Kier molecular flexibility index (Phi) is 6.52. The number of rotatable bonds is 2. The summed E-state index contributed by atoms with van der Waals surface area (Å²) >= 11 is 0. The van der Waals surface area contributed by atoms with Crippen molar-refractivity contribution in [3.05, 3.63) is 35.4 Å². The van der Waals surface area contributed by atoms with Gasteiger partial charge in [0.1, 0.15) is 0 Å². The van der Waals surface area contributed by atoms with Gasteiger partial charge in [-0.05, 0) is 33.3 Å². The summed E-state index contributed by atoms with van der Waals surface area (Å²) in [5.41, 5.74) is 8.16. The third-order valence-corrected chi connectivity index (χ3v) is 2.06. The Labute approximate surface area is 121 Å². The normalized spacial score (nSPS) is 11.9. The van der Waals surface area contributed by atoms with E-state index in [1.807, 2.05) is 0 Å². The second-order valence-electron chi connectivity index (χ2n) is 5.06. The molecule has 0 radical (unpaired) electrons. The van der Waals surface area contributed by atoms with Crippen LogP contribution >= 0.6 is 24.0 Å². The van der Waals surface area contributed by atoms with Gasteiger partial charge in [-0.3, -0.25) is 0 Å². The standard InChI is InChI=1S/C13H21N3.HI/c1-10-5-7-11(8-6-10)9-15-12(14)16-13(2,3)4;/h5-8H,9H2,1-4H3,(H3,14,15,16);1H. The first-order valence-electron chi connectivity index (χ1n) is 5.50. The summed E-state index contributed by atoms with van der Waals surface area (Å²) in [4.78, 5) is 4.29. The Morgan fingerprint density at radius 2 is 1.76 bits per heavy atom. The van der Waals surface area contributed by atoms with Crippen LogP contribution in [-0.4, -0.2) is 11.5 Å². The molecule has 3 N–H and O–H groups in total.